The summed E-state index contributed by atoms with van der Waals surface area (Å²) in [6.45, 7) is -0.719. The Hall–Kier alpha value is 0.180. The minimum Gasteiger partial charge on any atom is -0.243 e. The molecule has 0 heterocycles. The quantitative estimate of drug-likeness (QED) is 0.474. The average Bonchev–Trinajstić information content (AvgIpc) is 1.65. The highest BCUT2D eigenvalue weighted by Gasteiger charge is 1.99. The summed E-state index contributed by atoms with van der Waals surface area (Å²) in [5.41, 5.74) is 0. The molecule has 0 saturated heterocycles. The Kier molecular flexibility index (Phi) is 3.47. The molecule has 0 saturated carbocycles. The van der Waals surface area contributed by atoms with E-state index in [1.54, 1.807) is 0 Å². The summed E-state index contributed by atoms with van der Waals surface area (Å²) in [4.78, 5) is 0. The van der Waals surface area contributed by atoms with Crippen LogP contribution in [0.5, 0.6) is 0 Å². The second-order valence-corrected chi connectivity index (χ2v) is 1.23. The van der Waals surface area contributed by atoms with E-state index in [1.807, 2.05) is 0 Å². The van der Waals surface area contributed by atoms with E-state index in [0.29, 0.717) is 0 Å². The van der Waals surface area contributed by atoms with Crippen molar-refractivity contribution < 1.29 is 9.50 Å². The summed E-state index contributed by atoms with van der Waals surface area (Å²) in [7, 11) is 0. The molecule has 37 valence electrons. The highest BCUT2D eigenvalue weighted by Crippen LogP contribution is 1.89. The van der Waals surface area contributed by atoms with Crippen molar-refractivity contribution in [1.29, 1.82) is 0 Å². The largest absolute Gasteiger partial charge is 0.243 e. The number of rotatable bonds is 2. The lowest BCUT2D eigenvalue weighted by Crippen LogP contribution is -2.04. The summed E-state index contributed by atoms with van der Waals surface area (Å²) < 4.78 is 11.4. The van der Waals surface area contributed by atoms with Crippen molar-refractivity contribution in [2.45, 2.75) is 6.17 Å². The number of alkyl halides is 2. The maximum absolute atomic E-state index is 11.4. The van der Waals surface area contributed by atoms with Gasteiger partial charge in [-0.05, 0) is 0 Å². The minimum absolute atomic E-state index is 0.177. The van der Waals surface area contributed by atoms with Crippen molar-refractivity contribution in [2.24, 2.45) is 0 Å². The monoisotopic (exact) mass is 111 g/mol. The fourth-order valence-electron chi connectivity index (χ4n) is 0.0445. The van der Waals surface area contributed by atoms with E-state index in [4.69, 9.17) is 11.6 Å². The zero-order valence-corrected chi connectivity index (χ0v) is 3.91. The predicted molar refractivity (Wildman–Crippen MR) is 21.2 cm³/mol. The maximum Gasteiger partial charge on any atom is 0.140 e. The van der Waals surface area contributed by atoms with Gasteiger partial charge >= 0.3 is 0 Å². The number of halogens is 2. The summed E-state index contributed by atoms with van der Waals surface area (Å²) in [5.74, 6) is -0.177. The fourth-order valence-corrected chi connectivity index (χ4v) is 0.134. The topological polar surface area (TPSA) is 19.9 Å². The van der Waals surface area contributed by atoms with Crippen molar-refractivity contribution in [1.82, 2.24) is 0 Å². The molecule has 1 nitrogen and oxygen atoms in total. The average molecular weight is 112 g/mol. The summed E-state index contributed by atoms with van der Waals surface area (Å²) in [5, 5.41) is 9.40. The van der Waals surface area contributed by atoms with Gasteiger partial charge in [0.05, 0.1) is 5.88 Å². The molecule has 1 radical (unpaired) electrons. The zero-order chi connectivity index (χ0) is 4.99. The van der Waals surface area contributed by atoms with Gasteiger partial charge in [0.25, 0.3) is 0 Å². The van der Waals surface area contributed by atoms with Crippen molar-refractivity contribution in [3.8, 4) is 0 Å². The molecular formula is C3H5ClFO. The van der Waals surface area contributed by atoms with Crippen molar-refractivity contribution in [3.05, 3.63) is 0 Å². The molecule has 0 rings (SSSR count). The van der Waals surface area contributed by atoms with Gasteiger partial charge in [0, 0.05) is 0 Å². The molecule has 0 aromatic carbocycles. The minimum atomic E-state index is -1.35. The van der Waals surface area contributed by atoms with Gasteiger partial charge in [-0.3, -0.25) is 0 Å². The molecule has 0 amide bonds. The van der Waals surface area contributed by atoms with Gasteiger partial charge in [-0.25, -0.2) is 9.50 Å². The molecule has 6 heavy (non-hydrogen) atoms. The highest BCUT2D eigenvalue weighted by molar-refractivity contribution is 6.18. The summed E-state index contributed by atoms with van der Waals surface area (Å²) >= 11 is 4.88. The molecule has 0 fully saturated rings. The van der Waals surface area contributed by atoms with Crippen LogP contribution in [0, 0.1) is 0 Å². The van der Waals surface area contributed by atoms with Crippen LogP contribution in [0.4, 0.5) is 4.39 Å². The molecular weight excluding hydrogens is 106 g/mol. The van der Waals surface area contributed by atoms with E-state index in [9.17, 15) is 9.50 Å². The third-order valence-electron chi connectivity index (χ3n) is 0.348. The number of hydrogen-bond acceptors (Lipinski definition) is 0. The molecule has 0 N–H and O–H groups in total. The van der Waals surface area contributed by atoms with Gasteiger partial charge in [0.2, 0.25) is 0 Å². The Morgan fingerprint density at radius 2 is 2.33 bits per heavy atom. The van der Waals surface area contributed by atoms with E-state index >= 15 is 0 Å². The lowest BCUT2D eigenvalue weighted by molar-refractivity contribution is 0.125. The standard InChI is InChI=1S/C3H5ClFO/c4-1-3(5)2-6/h3H,1-2H2. The molecule has 0 bridgehead atoms. The molecule has 0 aliphatic heterocycles. The van der Waals surface area contributed by atoms with E-state index in [2.05, 4.69) is 0 Å². The van der Waals surface area contributed by atoms with Crippen LogP contribution in [0.25, 0.3) is 0 Å². The van der Waals surface area contributed by atoms with Crippen LogP contribution >= 0.6 is 11.6 Å². The van der Waals surface area contributed by atoms with Gasteiger partial charge in [0.1, 0.15) is 12.8 Å². The van der Waals surface area contributed by atoms with E-state index in [-0.39, 0.29) is 5.88 Å². The Bertz CT molecular complexity index is 30.0. The molecule has 0 aliphatic carbocycles. The second-order valence-electron chi connectivity index (χ2n) is 0.918. The molecule has 0 aliphatic rings. The van der Waals surface area contributed by atoms with E-state index in [0.717, 1.165) is 0 Å². The van der Waals surface area contributed by atoms with Crippen LogP contribution in [-0.4, -0.2) is 18.7 Å². The van der Waals surface area contributed by atoms with Crippen LogP contribution in [0.15, 0.2) is 0 Å². The summed E-state index contributed by atoms with van der Waals surface area (Å²) in [6.07, 6.45) is -1.35. The lowest BCUT2D eigenvalue weighted by atomic mass is 10.5. The van der Waals surface area contributed by atoms with Crippen molar-refractivity contribution in [2.75, 3.05) is 12.5 Å². The third kappa shape index (κ3) is 2.42. The van der Waals surface area contributed by atoms with Gasteiger partial charge in [0.15, 0.2) is 0 Å². The molecule has 0 aromatic heterocycles. The van der Waals surface area contributed by atoms with E-state index < -0.39 is 12.8 Å². The second kappa shape index (κ2) is 3.37. The van der Waals surface area contributed by atoms with Crippen LogP contribution in [0.2, 0.25) is 0 Å². The van der Waals surface area contributed by atoms with Gasteiger partial charge in [-0.1, -0.05) is 0 Å². The first kappa shape index (κ1) is 6.18. The Balaban J connectivity index is 2.75. The molecule has 1 atom stereocenters. The Morgan fingerprint density at radius 1 is 1.83 bits per heavy atom. The van der Waals surface area contributed by atoms with Crippen LogP contribution in [0.1, 0.15) is 0 Å². The van der Waals surface area contributed by atoms with Crippen LogP contribution < -0.4 is 0 Å². The van der Waals surface area contributed by atoms with Gasteiger partial charge in [-0.15, -0.1) is 11.6 Å². The van der Waals surface area contributed by atoms with Crippen LogP contribution in [0.3, 0.4) is 0 Å². The third-order valence-corrected chi connectivity index (χ3v) is 0.683. The first-order valence-corrected chi connectivity index (χ1v) is 2.13. The first-order chi connectivity index (χ1) is 2.81. The zero-order valence-electron chi connectivity index (χ0n) is 3.16. The highest BCUT2D eigenvalue weighted by atomic mass is 35.5. The summed E-state index contributed by atoms with van der Waals surface area (Å²) in [6, 6.07) is 0. The SMILES string of the molecule is [O]CC(F)CCl. The molecule has 3 heteroatoms. The van der Waals surface area contributed by atoms with Gasteiger partial charge in [-0.2, -0.15) is 0 Å². The lowest BCUT2D eigenvalue weighted by Gasteiger charge is -1.89. The molecule has 0 aromatic rings. The number of hydrogen-bond donors (Lipinski definition) is 0. The predicted octanol–water partition coefficient (Wildman–Crippen LogP) is 0.994. The molecule has 1 unspecified atom stereocenters. The smallest absolute Gasteiger partial charge is 0.140 e. The van der Waals surface area contributed by atoms with Crippen molar-refractivity contribution >= 4 is 11.6 Å². The maximum atomic E-state index is 11.4. The fraction of sp³-hybridized carbons (Fsp3) is 1.00. The van der Waals surface area contributed by atoms with Crippen LogP contribution in [-0.2, 0) is 5.11 Å². The Labute approximate surface area is 40.7 Å². The van der Waals surface area contributed by atoms with Gasteiger partial charge < -0.3 is 0 Å². The van der Waals surface area contributed by atoms with Crippen molar-refractivity contribution in [3.63, 3.8) is 0 Å². The van der Waals surface area contributed by atoms with E-state index in [1.165, 1.54) is 0 Å². The first-order valence-electron chi connectivity index (χ1n) is 1.59. The normalized spacial score (nSPS) is 14.5. The Morgan fingerprint density at radius 3 is 2.33 bits per heavy atom. The molecule has 0 spiro atoms.